The van der Waals surface area contributed by atoms with Crippen molar-refractivity contribution >= 4 is 27.3 Å². The zero-order valence-corrected chi connectivity index (χ0v) is 16.8. The topological polar surface area (TPSA) is 55.8 Å². The number of hydrogen-bond donors (Lipinski definition) is 2. The van der Waals surface area contributed by atoms with Crippen LogP contribution in [-0.4, -0.2) is 66.7 Å². The second kappa shape index (κ2) is 7.87. The lowest BCUT2D eigenvalue weighted by molar-refractivity contribution is -0.145. The van der Waals surface area contributed by atoms with Gasteiger partial charge in [-0.25, -0.2) is 0 Å². The number of aliphatic hydroxyl groups is 1. The Morgan fingerprint density at radius 1 is 1.33 bits per heavy atom. The van der Waals surface area contributed by atoms with E-state index in [0.717, 1.165) is 45.4 Å². The van der Waals surface area contributed by atoms with E-state index < -0.39 is 0 Å². The van der Waals surface area contributed by atoms with Gasteiger partial charge in [-0.2, -0.15) is 0 Å². The average Bonchev–Trinajstić information content (AvgIpc) is 3.09. The van der Waals surface area contributed by atoms with Crippen molar-refractivity contribution in [1.82, 2.24) is 15.1 Å². The summed E-state index contributed by atoms with van der Waals surface area (Å²) in [5, 5.41) is 13.4. The third-order valence-corrected chi connectivity index (χ3v) is 7.36. The average molecular weight is 388 g/mol. The Labute approximate surface area is 165 Å². The first-order valence-electron chi connectivity index (χ1n) is 9.91. The second-order valence-electron chi connectivity index (χ2n) is 7.99. The van der Waals surface area contributed by atoms with Gasteiger partial charge in [-0.05, 0) is 56.9 Å². The number of nitrogens with zero attached hydrogens (tertiary/aromatic N) is 2. The van der Waals surface area contributed by atoms with Gasteiger partial charge in [-0.3, -0.25) is 9.69 Å². The number of amides is 1. The fourth-order valence-electron chi connectivity index (χ4n) is 4.86. The Morgan fingerprint density at radius 2 is 2.19 bits per heavy atom. The molecule has 3 heterocycles. The maximum absolute atomic E-state index is 13.1. The van der Waals surface area contributed by atoms with Gasteiger partial charge < -0.3 is 15.3 Å². The summed E-state index contributed by atoms with van der Waals surface area (Å²) in [7, 11) is 2.15. The predicted molar refractivity (Wildman–Crippen MR) is 110 cm³/mol. The third kappa shape index (κ3) is 3.63. The van der Waals surface area contributed by atoms with Gasteiger partial charge in [0.2, 0.25) is 5.91 Å². The molecule has 0 unspecified atom stereocenters. The number of piperidine rings is 2. The van der Waals surface area contributed by atoms with Crippen LogP contribution in [0.25, 0.3) is 10.1 Å². The molecular weight excluding hydrogens is 358 g/mol. The first kappa shape index (κ1) is 18.9. The Balaban J connectivity index is 1.59. The van der Waals surface area contributed by atoms with Gasteiger partial charge in [0.25, 0.3) is 0 Å². The van der Waals surface area contributed by atoms with Crippen LogP contribution in [0, 0.1) is 5.41 Å². The molecule has 2 aliphatic rings. The Morgan fingerprint density at radius 3 is 3.00 bits per heavy atom. The maximum atomic E-state index is 13.1. The van der Waals surface area contributed by atoms with E-state index in [-0.39, 0.29) is 24.0 Å². The molecule has 2 saturated heterocycles. The number of likely N-dealkylation sites (tertiary alicyclic amines) is 2. The molecule has 2 atom stereocenters. The quantitative estimate of drug-likeness (QED) is 0.827. The number of likely N-dealkylation sites (N-methyl/N-ethyl adjacent to an activating group) is 1. The van der Waals surface area contributed by atoms with Crippen LogP contribution in [-0.2, 0) is 11.3 Å². The molecule has 1 amide bonds. The molecule has 2 fully saturated rings. The van der Waals surface area contributed by atoms with Crippen molar-refractivity contribution < 1.29 is 9.90 Å². The van der Waals surface area contributed by atoms with Gasteiger partial charge >= 0.3 is 0 Å². The predicted octanol–water partition coefficient (Wildman–Crippen LogP) is 2.30. The van der Waals surface area contributed by atoms with Crippen LogP contribution in [0.3, 0.4) is 0 Å². The Bertz CT molecular complexity index is 775. The van der Waals surface area contributed by atoms with E-state index in [1.165, 1.54) is 15.0 Å². The molecule has 1 aromatic carbocycles. The fourth-order valence-corrected chi connectivity index (χ4v) is 5.95. The van der Waals surface area contributed by atoms with Crippen LogP contribution in [0.1, 0.15) is 24.1 Å². The van der Waals surface area contributed by atoms with Crippen LogP contribution < -0.4 is 5.32 Å². The summed E-state index contributed by atoms with van der Waals surface area (Å²) in [6.07, 6.45) is 2.90. The SMILES string of the molecule is CN1CC[C@]2(C(=O)NCCO)CCCN(Cc3cc4ccccc4s3)[C@H]2C1. The lowest BCUT2D eigenvalue weighted by Crippen LogP contribution is -2.65. The normalized spacial score (nSPS) is 26.8. The molecule has 2 N–H and O–H groups in total. The van der Waals surface area contributed by atoms with E-state index in [1.54, 1.807) is 0 Å². The summed E-state index contributed by atoms with van der Waals surface area (Å²) in [5.41, 5.74) is -0.323. The summed E-state index contributed by atoms with van der Waals surface area (Å²) in [4.78, 5) is 19.3. The first-order valence-corrected chi connectivity index (χ1v) is 10.7. The van der Waals surface area contributed by atoms with Crippen molar-refractivity contribution in [3.05, 3.63) is 35.2 Å². The van der Waals surface area contributed by atoms with Crippen molar-refractivity contribution in [3.8, 4) is 0 Å². The minimum atomic E-state index is -0.323. The number of fused-ring (bicyclic) bond motifs is 2. The maximum Gasteiger partial charge on any atom is 0.227 e. The minimum absolute atomic E-state index is 0.00209. The zero-order valence-electron chi connectivity index (χ0n) is 16.0. The van der Waals surface area contributed by atoms with Crippen molar-refractivity contribution in [3.63, 3.8) is 0 Å². The molecule has 5 nitrogen and oxygen atoms in total. The lowest BCUT2D eigenvalue weighted by atomic mass is 9.67. The molecule has 0 radical (unpaired) electrons. The van der Waals surface area contributed by atoms with Gasteiger partial charge in [-0.15, -0.1) is 11.3 Å². The van der Waals surface area contributed by atoms with E-state index in [2.05, 4.69) is 52.5 Å². The number of thiophene rings is 1. The van der Waals surface area contributed by atoms with E-state index >= 15 is 0 Å². The van der Waals surface area contributed by atoms with Crippen molar-refractivity contribution in [1.29, 1.82) is 0 Å². The molecule has 146 valence electrons. The van der Waals surface area contributed by atoms with Crippen LogP contribution in [0.2, 0.25) is 0 Å². The monoisotopic (exact) mass is 387 g/mol. The summed E-state index contributed by atoms with van der Waals surface area (Å²) in [6.45, 7) is 4.18. The summed E-state index contributed by atoms with van der Waals surface area (Å²) in [6, 6.07) is 11.1. The number of nitrogens with one attached hydrogen (secondary N) is 1. The summed E-state index contributed by atoms with van der Waals surface area (Å²) in [5.74, 6) is 0.135. The molecule has 0 saturated carbocycles. The van der Waals surface area contributed by atoms with Gasteiger partial charge in [0.05, 0.1) is 12.0 Å². The molecule has 27 heavy (non-hydrogen) atoms. The van der Waals surface area contributed by atoms with Gasteiger partial charge in [0.15, 0.2) is 0 Å². The smallest absolute Gasteiger partial charge is 0.227 e. The molecule has 2 aliphatic heterocycles. The fraction of sp³-hybridized carbons (Fsp3) is 0.571. The number of benzene rings is 1. The lowest BCUT2D eigenvalue weighted by Gasteiger charge is -2.53. The molecular formula is C21H29N3O2S. The highest BCUT2D eigenvalue weighted by molar-refractivity contribution is 7.19. The highest BCUT2D eigenvalue weighted by atomic mass is 32.1. The molecule has 0 bridgehead atoms. The number of hydrogen-bond acceptors (Lipinski definition) is 5. The highest BCUT2D eigenvalue weighted by Gasteiger charge is 2.52. The van der Waals surface area contributed by atoms with Crippen LogP contribution in [0.5, 0.6) is 0 Å². The van der Waals surface area contributed by atoms with Crippen molar-refractivity contribution in [2.45, 2.75) is 31.8 Å². The second-order valence-corrected chi connectivity index (χ2v) is 9.16. The number of aliphatic hydroxyl groups excluding tert-OH is 1. The van der Waals surface area contributed by atoms with Crippen molar-refractivity contribution in [2.75, 3.05) is 39.8 Å². The first-order chi connectivity index (χ1) is 13.1. The van der Waals surface area contributed by atoms with Crippen molar-refractivity contribution in [2.24, 2.45) is 5.41 Å². The number of carbonyl (C=O) groups excluding carboxylic acids is 1. The molecule has 4 rings (SSSR count). The minimum Gasteiger partial charge on any atom is -0.395 e. The Hall–Kier alpha value is -1.47. The molecule has 2 aromatic rings. The van der Waals surface area contributed by atoms with Crippen LogP contribution in [0.4, 0.5) is 0 Å². The van der Waals surface area contributed by atoms with Crippen LogP contribution in [0.15, 0.2) is 30.3 Å². The summed E-state index contributed by atoms with van der Waals surface area (Å²) < 4.78 is 1.33. The van der Waals surface area contributed by atoms with E-state index in [9.17, 15) is 4.79 Å². The largest absolute Gasteiger partial charge is 0.395 e. The van der Waals surface area contributed by atoms with E-state index in [0.29, 0.717) is 6.54 Å². The molecule has 6 heteroatoms. The molecule has 0 spiro atoms. The standard InChI is InChI=1S/C21H29N3O2S/c1-23-11-8-21(20(26)22-9-12-25)7-4-10-24(19(21)15-23)14-17-13-16-5-2-3-6-18(16)27-17/h2-3,5-6,13,19,25H,4,7-12,14-15H2,1H3,(H,22,26)/t19-,21+/m0/s1. The molecule has 0 aliphatic carbocycles. The number of carbonyl (C=O) groups is 1. The molecule has 1 aromatic heterocycles. The third-order valence-electron chi connectivity index (χ3n) is 6.26. The number of rotatable bonds is 5. The van der Waals surface area contributed by atoms with E-state index in [1.807, 2.05) is 11.3 Å². The zero-order chi connectivity index (χ0) is 18.9. The van der Waals surface area contributed by atoms with Gasteiger partial charge in [-0.1, -0.05) is 18.2 Å². The highest BCUT2D eigenvalue weighted by Crippen LogP contribution is 2.43. The summed E-state index contributed by atoms with van der Waals surface area (Å²) >= 11 is 1.86. The Kier molecular flexibility index (Phi) is 5.50. The van der Waals surface area contributed by atoms with Gasteiger partial charge in [0.1, 0.15) is 0 Å². The van der Waals surface area contributed by atoms with E-state index in [4.69, 9.17) is 5.11 Å². The van der Waals surface area contributed by atoms with Crippen LogP contribution >= 0.6 is 11.3 Å². The van der Waals surface area contributed by atoms with Gasteiger partial charge in [0, 0.05) is 35.3 Å².